The number of hydrogen-bond donors (Lipinski definition) is 2. The number of halogens is 1. The van der Waals surface area contributed by atoms with Gasteiger partial charge in [-0.15, -0.1) is 0 Å². The maximum atomic E-state index is 14.9. The molecule has 0 radical (unpaired) electrons. The second-order valence-corrected chi connectivity index (χ2v) is 10.4. The molecule has 2 aromatic carbocycles. The Kier molecular flexibility index (Phi) is 7.57. The highest BCUT2D eigenvalue weighted by Crippen LogP contribution is 2.36. The quantitative estimate of drug-likeness (QED) is 0.478. The molecule has 7 nitrogen and oxygen atoms in total. The summed E-state index contributed by atoms with van der Waals surface area (Å²) >= 11 is 0. The van der Waals surface area contributed by atoms with E-state index in [0.29, 0.717) is 23.2 Å². The lowest BCUT2D eigenvalue weighted by Crippen LogP contribution is -2.43. The van der Waals surface area contributed by atoms with Crippen molar-refractivity contribution in [2.24, 2.45) is 0 Å². The van der Waals surface area contributed by atoms with E-state index in [2.05, 4.69) is 44.2 Å². The van der Waals surface area contributed by atoms with Crippen molar-refractivity contribution in [2.75, 3.05) is 48.7 Å². The van der Waals surface area contributed by atoms with Gasteiger partial charge in [0.05, 0.1) is 18.6 Å². The minimum atomic E-state index is -3.63. The maximum absolute atomic E-state index is 14.9. The fourth-order valence-electron chi connectivity index (χ4n) is 4.29. The summed E-state index contributed by atoms with van der Waals surface area (Å²) in [6.45, 7) is 7.51. The summed E-state index contributed by atoms with van der Waals surface area (Å²) in [7, 11) is -2.32. The molecular formula is C26H31FN4O3S. The zero-order valence-electron chi connectivity index (χ0n) is 20.3. The van der Waals surface area contributed by atoms with Crippen molar-refractivity contribution < 1.29 is 17.5 Å². The highest BCUT2D eigenvalue weighted by atomic mass is 32.2. The van der Waals surface area contributed by atoms with Crippen molar-refractivity contribution in [3.8, 4) is 28.0 Å². The van der Waals surface area contributed by atoms with Gasteiger partial charge in [0.15, 0.2) is 11.6 Å². The fraction of sp³-hybridized carbons (Fsp3) is 0.346. The molecule has 186 valence electrons. The van der Waals surface area contributed by atoms with Crippen LogP contribution in [-0.2, 0) is 10.0 Å². The van der Waals surface area contributed by atoms with Gasteiger partial charge in [-0.2, -0.15) is 0 Å². The number of sulfonamides is 1. The smallest absolute Gasteiger partial charge is 0.232 e. The molecule has 0 spiro atoms. The Labute approximate surface area is 206 Å². The summed E-state index contributed by atoms with van der Waals surface area (Å²) in [5, 5.41) is 3.36. The minimum Gasteiger partial charge on any atom is -0.492 e. The Morgan fingerprint density at radius 3 is 2.46 bits per heavy atom. The predicted molar refractivity (Wildman–Crippen MR) is 139 cm³/mol. The van der Waals surface area contributed by atoms with Crippen LogP contribution in [0.5, 0.6) is 5.75 Å². The lowest BCUT2D eigenvalue weighted by atomic mass is 9.98. The van der Waals surface area contributed by atoms with Crippen molar-refractivity contribution >= 4 is 21.4 Å². The maximum Gasteiger partial charge on any atom is 0.232 e. The van der Waals surface area contributed by atoms with Gasteiger partial charge in [0.1, 0.15) is 0 Å². The summed E-state index contributed by atoms with van der Waals surface area (Å²) in [5.74, 6) is -0.856. The van der Waals surface area contributed by atoms with Gasteiger partial charge in [-0.25, -0.2) is 12.8 Å². The number of pyridine rings is 1. The molecule has 1 aromatic heterocycles. The molecule has 9 heteroatoms. The molecule has 0 atom stereocenters. The lowest BCUT2D eigenvalue weighted by molar-refractivity contribution is 0.389. The molecule has 0 saturated carbocycles. The first-order valence-electron chi connectivity index (χ1n) is 11.7. The van der Waals surface area contributed by atoms with Crippen molar-refractivity contribution in [1.29, 1.82) is 0 Å². The van der Waals surface area contributed by atoms with E-state index in [1.165, 1.54) is 18.9 Å². The van der Waals surface area contributed by atoms with Gasteiger partial charge in [0.2, 0.25) is 10.0 Å². The number of benzene rings is 2. The number of aryl methyl sites for hydroxylation is 1. The van der Waals surface area contributed by atoms with E-state index in [-0.39, 0.29) is 17.2 Å². The number of hydrogen-bond acceptors (Lipinski definition) is 6. The normalized spacial score (nSPS) is 14.1. The molecule has 1 fully saturated rings. The third kappa shape index (κ3) is 5.74. The van der Waals surface area contributed by atoms with E-state index >= 15 is 0 Å². The van der Waals surface area contributed by atoms with Crippen LogP contribution in [0.15, 0.2) is 48.7 Å². The van der Waals surface area contributed by atoms with Crippen LogP contribution in [0.25, 0.3) is 22.3 Å². The van der Waals surface area contributed by atoms with Crippen molar-refractivity contribution in [3.05, 3.63) is 60.2 Å². The molecule has 1 aliphatic heterocycles. The average molecular weight is 499 g/mol. The Balaban J connectivity index is 1.69. The van der Waals surface area contributed by atoms with Crippen molar-refractivity contribution in [1.82, 2.24) is 10.3 Å². The molecule has 1 aliphatic rings. The van der Waals surface area contributed by atoms with E-state index in [1.54, 1.807) is 19.2 Å². The van der Waals surface area contributed by atoms with Crippen LogP contribution in [0.4, 0.5) is 15.8 Å². The molecule has 0 bridgehead atoms. The summed E-state index contributed by atoms with van der Waals surface area (Å²) in [4.78, 5) is 6.89. The SMILES string of the molecule is CCCS(=O)(=O)Nc1cc(-c2cc(-c3ccc(N4CCNCC4)cc3)cnc2C)cc(F)c1OC. The molecule has 2 N–H and O–H groups in total. The third-order valence-corrected chi connectivity index (χ3v) is 7.54. The molecule has 4 rings (SSSR count). The molecule has 2 heterocycles. The second-order valence-electron chi connectivity index (χ2n) is 8.60. The Bertz CT molecular complexity index is 1290. The highest BCUT2D eigenvalue weighted by Gasteiger charge is 2.19. The van der Waals surface area contributed by atoms with Gasteiger partial charge in [-0.3, -0.25) is 9.71 Å². The van der Waals surface area contributed by atoms with Crippen LogP contribution < -0.4 is 19.7 Å². The van der Waals surface area contributed by atoms with E-state index in [0.717, 1.165) is 37.3 Å². The van der Waals surface area contributed by atoms with Gasteiger partial charge in [0.25, 0.3) is 0 Å². The third-order valence-electron chi connectivity index (χ3n) is 6.07. The highest BCUT2D eigenvalue weighted by molar-refractivity contribution is 7.92. The molecule has 1 saturated heterocycles. The first-order valence-corrected chi connectivity index (χ1v) is 13.4. The van der Waals surface area contributed by atoms with E-state index in [1.807, 2.05) is 13.0 Å². The van der Waals surface area contributed by atoms with Gasteiger partial charge >= 0.3 is 0 Å². The number of anilines is 2. The van der Waals surface area contributed by atoms with Gasteiger partial charge in [0, 0.05) is 54.9 Å². The number of aromatic nitrogens is 1. The summed E-state index contributed by atoms with van der Waals surface area (Å²) < 4.78 is 47.3. The molecule has 0 aliphatic carbocycles. The fourth-order valence-corrected chi connectivity index (χ4v) is 5.42. The van der Waals surface area contributed by atoms with Crippen LogP contribution in [0, 0.1) is 12.7 Å². The van der Waals surface area contributed by atoms with Crippen LogP contribution >= 0.6 is 0 Å². The Morgan fingerprint density at radius 2 is 1.80 bits per heavy atom. The molecular weight excluding hydrogens is 467 g/mol. The zero-order valence-corrected chi connectivity index (χ0v) is 21.1. The molecule has 3 aromatic rings. The van der Waals surface area contributed by atoms with Crippen molar-refractivity contribution in [3.63, 3.8) is 0 Å². The standard InChI is InChI=1S/C26H31FN4O3S/c1-4-13-35(32,33)30-25-16-20(15-24(27)26(25)34-3)23-14-21(17-29-18(23)2)19-5-7-22(8-6-19)31-11-9-28-10-12-31/h5-8,14-17,28,30H,4,9-13H2,1-3H3. The Morgan fingerprint density at radius 1 is 1.09 bits per heavy atom. The molecule has 0 amide bonds. The number of ether oxygens (including phenoxy) is 1. The molecule has 0 unspecified atom stereocenters. The predicted octanol–water partition coefficient (Wildman–Crippen LogP) is 4.43. The number of nitrogens with zero attached hydrogens (tertiary/aromatic N) is 2. The van der Waals surface area contributed by atoms with Gasteiger partial charge < -0.3 is 15.0 Å². The topological polar surface area (TPSA) is 83.6 Å². The largest absolute Gasteiger partial charge is 0.492 e. The minimum absolute atomic E-state index is 0.0675. The number of methoxy groups -OCH3 is 1. The zero-order chi connectivity index (χ0) is 25.0. The number of piperazine rings is 1. The first kappa shape index (κ1) is 24.9. The van der Waals surface area contributed by atoms with Crippen LogP contribution in [0.3, 0.4) is 0 Å². The van der Waals surface area contributed by atoms with Gasteiger partial charge in [-0.05, 0) is 54.8 Å². The number of nitrogens with one attached hydrogen (secondary N) is 2. The lowest BCUT2D eigenvalue weighted by Gasteiger charge is -2.29. The van der Waals surface area contributed by atoms with Crippen LogP contribution in [0.1, 0.15) is 19.0 Å². The summed E-state index contributed by atoms with van der Waals surface area (Å²) in [6, 6.07) is 13.2. The number of rotatable bonds is 8. The molecule has 35 heavy (non-hydrogen) atoms. The van der Waals surface area contributed by atoms with E-state index in [9.17, 15) is 12.8 Å². The van der Waals surface area contributed by atoms with Crippen LogP contribution in [0.2, 0.25) is 0 Å². The first-order chi connectivity index (χ1) is 16.8. The summed E-state index contributed by atoms with van der Waals surface area (Å²) in [5.41, 5.74) is 5.07. The van der Waals surface area contributed by atoms with Gasteiger partial charge in [-0.1, -0.05) is 19.1 Å². The van der Waals surface area contributed by atoms with E-state index < -0.39 is 15.8 Å². The monoisotopic (exact) mass is 498 g/mol. The van der Waals surface area contributed by atoms with Crippen molar-refractivity contribution in [2.45, 2.75) is 20.3 Å². The second kappa shape index (κ2) is 10.6. The summed E-state index contributed by atoms with van der Waals surface area (Å²) in [6.07, 6.45) is 2.24. The van der Waals surface area contributed by atoms with E-state index in [4.69, 9.17) is 4.74 Å². The average Bonchev–Trinajstić information content (AvgIpc) is 2.84. The Hall–Kier alpha value is -3.17. The van der Waals surface area contributed by atoms with Crippen LogP contribution in [-0.4, -0.2) is 52.4 Å².